The molecule has 2 heterocycles. The summed E-state index contributed by atoms with van der Waals surface area (Å²) in [4.78, 5) is 14.1. The SMILES string of the molecule is CC1(O)CCN(C(=O)C2(C)CCCS2)C1. The minimum absolute atomic E-state index is 0.222. The highest BCUT2D eigenvalue weighted by Gasteiger charge is 2.44. The summed E-state index contributed by atoms with van der Waals surface area (Å²) in [7, 11) is 0. The van der Waals surface area contributed by atoms with Crippen LogP contribution in [0.25, 0.3) is 0 Å². The number of β-amino-alcohol motifs (C(OH)–C–C–N with tert-alkyl or cyclic N) is 1. The monoisotopic (exact) mass is 229 g/mol. The van der Waals surface area contributed by atoms with Gasteiger partial charge in [-0.2, -0.15) is 0 Å². The quantitative estimate of drug-likeness (QED) is 0.736. The van der Waals surface area contributed by atoms with E-state index in [0.29, 0.717) is 19.5 Å². The first-order valence-corrected chi connectivity index (χ1v) is 6.57. The van der Waals surface area contributed by atoms with Crippen LogP contribution in [0.4, 0.5) is 0 Å². The van der Waals surface area contributed by atoms with Crippen molar-refractivity contribution in [3.63, 3.8) is 0 Å². The standard InChI is InChI=1S/C11H19NO2S/c1-10(14)5-6-12(8-10)9(13)11(2)4-3-7-15-11/h14H,3-8H2,1-2H3. The molecule has 86 valence electrons. The molecule has 2 aliphatic rings. The summed E-state index contributed by atoms with van der Waals surface area (Å²) in [5.74, 6) is 1.31. The zero-order valence-corrected chi connectivity index (χ0v) is 10.3. The topological polar surface area (TPSA) is 40.5 Å². The van der Waals surface area contributed by atoms with Crippen LogP contribution in [0, 0.1) is 0 Å². The third kappa shape index (κ3) is 2.16. The van der Waals surface area contributed by atoms with Gasteiger partial charge in [0.25, 0.3) is 0 Å². The number of rotatable bonds is 1. The molecule has 0 aromatic carbocycles. The van der Waals surface area contributed by atoms with Gasteiger partial charge in [-0.3, -0.25) is 4.79 Å². The molecule has 0 aromatic heterocycles. The summed E-state index contributed by atoms with van der Waals surface area (Å²) >= 11 is 1.77. The third-order valence-corrected chi connectivity index (χ3v) is 4.92. The molecule has 3 nitrogen and oxygen atoms in total. The normalized spacial score (nSPS) is 41.1. The van der Waals surface area contributed by atoms with E-state index in [1.54, 1.807) is 11.8 Å². The van der Waals surface area contributed by atoms with Crippen LogP contribution in [0.1, 0.15) is 33.1 Å². The van der Waals surface area contributed by atoms with Crippen molar-refractivity contribution in [2.45, 2.75) is 43.5 Å². The molecule has 0 aliphatic carbocycles. The molecule has 0 aromatic rings. The Balaban J connectivity index is 2.03. The van der Waals surface area contributed by atoms with E-state index < -0.39 is 5.60 Å². The maximum Gasteiger partial charge on any atom is 0.238 e. The van der Waals surface area contributed by atoms with Crippen LogP contribution in [0.3, 0.4) is 0 Å². The van der Waals surface area contributed by atoms with Crippen LogP contribution < -0.4 is 0 Å². The lowest BCUT2D eigenvalue weighted by Crippen LogP contribution is -2.44. The predicted molar refractivity (Wildman–Crippen MR) is 61.9 cm³/mol. The van der Waals surface area contributed by atoms with E-state index >= 15 is 0 Å². The summed E-state index contributed by atoms with van der Waals surface area (Å²) in [6.07, 6.45) is 2.83. The number of nitrogens with zero attached hydrogens (tertiary/aromatic N) is 1. The third-order valence-electron chi connectivity index (χ3n) is 3.41. The largest absolute Gasteiger partial charge is 0.388 e. The van der Waals surface area contributed by atoms with Crippen molar-refractivity contribution in [2.75, 3.05) is 18.8 Å². The van der Waals surface area contributed by atoms with Crippen molar-refractivity contribution >= 4 is 17.7 Å². The van der Waals surface area contributed by atoms with Gasteiger partial charge in [0.2, 0.25) is 5.91 Å². The van der Waals surface area contributed by atoms with Gasteiger partial charge in [0.05, 0.1) is 10.3 Å². The van der Waals surface area contributed by atoms with Gasteiger partial charge in [0.1, 0.15) is 0 Å². The number of carbonyl (C=O) groups is 1. The van der Waals surface area contributed by atoms with E-state index in [9.17, 15) is 9.90 Å². The Morgan fingerprint density at radius 3 is 2.60 bits per heavy atom. The molecule has 4 heteroatoms. The predicted octanol–water partition coefficient (Wildman–Crippen LogP) is 1.26. The number of aliphatic hydroxyl groups is 1. The highest BCUT2D eigenvalue weighted by atomic mass is 32.2. The fraction of sp³-hybridized carbons (Fsp3) is 0.909. The second kappa shape index (κ2) is 3.67. The molecule has 2 atom stereocenters. The van der Waals surface area contributed by atoms with Gasteiger partial charge in [-0.15, -0.1) is 11.8 Å². The molecule has 2 aliphatic heterocycles. The maximum atomic E-state index is 12.3. The second-order valence-corrected chi connectivity index (χ2v) is 6.75. The van der Waals surface area contributed by atoms with E-state index in [-0.39, 0.29) is 10.7 Å². The van der Waals surface area contributed by atoms with Crippen LogP contribution in [-0.4, -0.2) is 45.1 Å². The summed E-state index contributed by atoms with van der Waals surface area (Å²) in [6.45, 7) is 5.06. The number of hydrogen-bond donors (Lipinski definition) is 1. The lowest BCUT2D eigenvalue weighted by atomic mass is 10.0. The molecule has 2 rings (SSSR count). The minimum atomic E-state index is -0.671. The van der Waals surface area contributed by atoms with E-state index in [0.717, 1.165) is 18.6 Å². The summed E-state index contributed by atoms with van der Waals surface area (Å²) in [5, 5.41) is 9.84. The van der Waals surface area contributed by atoms with Crippen molar-refractivity contribution < 1.29 is 9.90 Å². The average Bonchev–Trinajstić information content (AvgIpc) is 2.72. The van der Waals surface area contributed by atoms with Crippen LogP contribution in [0.15, 0.2) is 0 Å². The molecule has 1 amide bonds. The lowest BCUT2D eigenvalue weighted by molar-refractivity contribution is -0.133. The highest BCUT2D eigenvalue weighted by molar-refractivity contribution is 8.01. The summed E-state index contributed by atoms with van der Waals surface area (Å²) in [6, 6.07) is 0. The Labute approximate surface area is 95.2 Å². The number of thioether (sulfide) groups is 1. The van der Waals surface area contributed by atoms with Gasteiger partial charge < -0.3 is 10.0 Å². The number of likely N-dealkylation sites (tertiary alicyclic amines) is 1. The molecule has 2 saturated heterocycles. The molecule has 2 unspecified atom stereocenters. The van der Waals surface area contributed by atoms with Crippen molar-refractivity contribution in [3.05, 3.63) is 0 Å². The van der Waals surface area contributed by atoms with Gasteiger partial charge in [-0.05, 0) is 38.9 Å². The fourth-order valence-corrected chi connectivity index (χ4v) is 3.68. The van der Waals surface area contributed by atoms with Gasteiger partial charge in [-0.25, -0.2) is 0 Å². The van der Waals surface area contributed by atoms with Crippen LogP contribution in [-0.2, 0) is 4.79 Å². The fourth-order valence-electron chi connectivity index (χ4n) is 2.40. The lowest BCUT2D eigenvalue weighted by Gasteiger charge is -2.28. The molecule has 15 heavy (non-hydrogen) atoms. The van der Waals surface area contributed by atoms with Gasteiger partial charge in [0, 0.05) is 13.1 Å². The van der Waals surface area contributed by atoms with E-state index in [4.69, 9.17) is 0 Å². The molecule has 0 bridgehead atoms. The first kappa shape index (κ1) is 11.3. The van der Waals surface area contributed by atoms with Crippen molar-refractivity contribution in [1.82, 2.24) is 4.90 Å². The van der Waals surface area contributed by atoms with Crippen molar-refractivity contribution in [1.29, 1.82) is 0 Å². The Morgan fingerprint density at radius 1 is 1.40 bits per heavy atom. The van der Waals surface area contributed by atoms with Crippen LogP contribution in [0.5, 0.6) is 0 Å². The number of amides is 1. The molecular weight excluding hydrogens is 210 g/mol. The minimum Gasteiger partial charge on any atom is -0.388 e. The van der Waals surface area contributed by atoms with Crippen molar-refractivity contribution in [3.8, 4) is 0 Å². The van der Waals surface area contributed by atoms with Crippen LogP contribution in [0.2, 0.25) is 0 Å². The Kier molecular flexibility index (Phi) is 2.75. The Hall–Kier alpha value is -0.220. The Bertz CT molecular complexity index is 272. The first-order valence-electron chi connectivity index (χ1n) is 5.59. The molecule has 0 saturated carbocycles. The maximum absolute atomic E-state index is 12.3. The van der Waals surface area contributed by atoms with E-state index in [2.05, 4.69) is 0 Å². The van der Waals surface area contributed by atoms with Crippen LogP contribution >= 0.6 is 11.8 Å². The van der Waals surface area contributed by atoms with E-state index in [1.165, 1.54) is 0 Å². The molecule has 0 spiro atoms. The molecule has 1 N–H and O–H groups in total. The molecule has 2 fully saturated rings. The molecular formula is C11H19NO2S. The zero-order valence-electron chi connectivity index (χ0n) is 9.45. The van der Waals surface area contributed by atoms with E-state index in [1.807, 2.05) is 18.7 Å². The summed E-state index contributed by atoms with van der Waals surface area (Å²) in [5.41, 5.74) is -0.671. The Morgan fingerprint density at radius 2 is 2.13 bits per heavy atom. The van der Waals surface area contributed by atoms with Crippen molar-refractivity contribution in [2.24, 2.45) is 0 Å². The van der Waals surface area contributed by atoms with Gasteiger partial charge in [0.15, 0.2) is 0 Å². The van der Waals surface area contributed by atoms with Gasteiger partial charge in [-0.1, -0.05) is 0 Å². The second-order valence-electron chi connectivity index (χ2n) is 5.16. The molecule has 0 radical (unpaired) electrons. The summed E-state index contributed by atoms with van der Waals surface area (Å²) < 4.78 is -0.222. The highest BCUT2D eigenvalue weighted by Crippen LogP contribution is 2.40. The first-order chi connectivity index (χ1) is 6.93. The number of hydrogen-bond acceptors (Lipinski definition) is 3. The average molecular weight is 229 g/mol. The number of carbonyl (C=O) groups excluding carboxylic acids is 1. The van der Waals surface area contributed by atoms with Gasteiger partial charge >= 0.3 is 0 Å². The smallest absolute Gasteiger partial charge is 0.238 e. The zero-order chi connectivity index (χ0) is 11.1.